The van der Waals surface area contributed by atoms with Crippen LogP contribution in [-0.4, -0.2) is 42.7 Å². The van der Waals surface area contributed by atoms with Crippen molar-refractivity contribution >= 4 is 34.9 Å². The van der Waals surface area contributed by atoms with Crippen molar-refractivity contribution in [3.05, 3.63) is 65.2 Å². The predicted molar refractivity (Wildman–Crippen MR) is 102 cm³/mol. The third kappa shape index (κ3) is 3.86. The largest absolute Gasteiger partial charge is 0.342 e. The molecule has 0 fully saturated rings. The minimum Gasteiger partial charge on any atom is -0.342 e. The molecule has 1 aliphatic rings. The summed E-state index contributed by atoms with van der Waals surface area (Å²) in [7, 11) is 3.28. The monoisotopic (exact) mass is 370 g/mol. The molecular weight excluding hydrogens is 352 g/mol. The van der Waals surface area contributed by atoms with Crippen molar-refractivity contribution in [1.29, 1.82) is 0 Å². The molecule has 3 rings (SSSR count). The molecule has 1 atom stereocenters. The number of hydrazine groups is 1. The molecule has 0 aromatic heterocycles. The minimum atomic E-state index is -0.687. The molecule has 26 heavy (non-hydrogen) atoms. The van der Waals surface area contributed by atoms with Crippen LogP contribution in [0.2, 0.25) is 5.02 Å². The zero-order chi connectivity index (χ0) is 18.7. The number of hydrogen-bond donors (Lipinski definition) is 1. The maximum atomic E-state index is 13.0. The van der Waals surface area contributed by atoms with Crippen LogP contribution in [0.15, 0.2) is 59.6 Å². The normalized spacial score (nSPS) is 16.7. The number of hydrogen-bond acceptors (Lipinski definition) is 4. The maximum absolute atomic E-state index is 13.0. The fourth-order valence-electron chi connectivity index (χ4n) is 2.62. The standard InChI is InChI=1S/C19H19ClN4O2/c1-23(2)19(26)17-21-16(12-13-6-4-3-5-7-13)18(25)24(22-17)15-10-8-14(20)9-11-15/h3-11,16H,12H2,1-2H3,(H,21,22). The van der Waals surface area contributed by atoms with Crippen molar-refractivity contribution in [2.24, 2.45) is 4.99 Å². The molecule has 7 heteroatoms. The van der Waals surface area contributed by atoms with E-state index in [-0.39, 0.29) is 17.6 Å². The third-order valence-corrected chi connectivity index (χ3v) is 4.23. The molecule has 1 N–H and O–H groups in total. The number of amidine groups is 1. The van der Waals surface area contributed by atoms with Gasteiger partial charge in [-0.3, -0.25) is 15.0 Å². The fraction of sp³-hybridized carbons (Fsp3) is 0.211. The van der Waals surface area contributed by atoms with Gasteiger partial charge in [0.2, 0.25) is 5.84 Å². The number of benzene rings is 2. The molecule has 2 aromatic rings. The van der Waals surface area contributed by atoms with Crippen LogP contribution in [0.1, 0.15) is 5.56 Å². The zero-order valence-electron chi connectivity index (χ0n) is 14.5. The number of amides is 2. The van der Waals surface area contributed by atoms with Crippen molar-refractivity contribution in [2.75, 3.05) is 19.1 Å². The highest BCUT2D eigenvalue weighted by Gasteiger charge is 2.34. The summed E-state index contributed by atoms with van der Waals surface area (Å²) in [5.41, 5.74) is 4.41. The van der Waals surface area contributed by atoms with E-state index in [0.717, 1.165) is 5.56 Å². The lowest BCUT2D eigenvalue weighted by Crippen LogP contribution is -2.58. The first-order valence-electron chi connectivity index (χ1n) is 8.15. The molecule has 6 nitrogen and oxygen atoms in total. The van der Waals surface area contributed by atoms with Crippen LogP contribution in [0.3, 0.4) is 0 Å². The Kier molecular flexibility index (Phi) is 5.23. The van der Waals surface area contributed by atoms with E-state index in [1.807, 2.05) is 30.3 Å². The summed E-state index contributed by atoms with van der Waals surface area (Å²) in [6, 6.07) is 15.7. The second-order valence-corrected chi connectivity index (χ2v) is 6.58. The molecule has 1 unspecified atom stereocenters. The Morgan fingerprint density at radius 1 is 1.15 bits per heavy atom. The van der Waals surface area contributed by atoms with Gasteiger partial charge in [0, 0.05) is 25.5 Å². The molecule has 0 aliphatic carbocycles. The van der Waals surface area contributed by atoms with Crippen LogP contribution in [0.25, 0.3) is 0 Å². The lowest BCUT2D eigenvalue weighted by Gasteiger charge is -2.32. The van der Waals surface area contributed by atoms with Crippen molar-refractivity contribution < 1.29 is 9.59 Å². The van der Waals surface area contributed by atoms with Crippen LogP contribution < -0.4 is 10.4 Å². The van der Waals surface area contributed by atoms with Gasteiger partial charge in [-0.05, 0) is 29.8 Å². The topological polar surface area (TPSA) is 65.0 Å². The van der Waals surface area contributed by atoms with Crippen LogP contribution in [0.4, 0.5) is 5.69 Å². The van der Waals surface area contributed by atoms with Crippen molar-refractivity contribution in [1.82, 2.24) is 10.3 Å². The van der Waals surface area contributed by atoms with E-state index in [4.69, 9.17) is 11.6 Å². The highest BCUT2D eigenvalue weighted by Crippen LogP contribution is 2.21. The molecule has 0 spiro atoms. The van der Waals surface area contributed by atoms with E-state index in [1.165, 1.54) is 9.91 Å². The highest BCUT2D eigenvalue weighted by molar-refractivity contribution is 6.39. The number of anilines is 1. The van der Waals surface area contributed by atoms with Crippen LogP contribution >= 0.6 is 11.6 Å². The summed E-state index contributed by atoms with van der Waals surface area (Å²) < 4.78 is 0. The Hall–Kier alpha value is -2.86. The Morgan fingerprint density at radius 2 is 1.81 bits per heavy atom. The van der Waals surface area contributed by atoms with Gasteiger partial charge >= 0.3 is 0 Å². The molecule has 0 bridgehead atoms. The molecule has 0 radical (unpaired) electrons. The number of nitrogens with one attached hydrogen (secondary N) is 1. The second-order valence-electron chi connectivity index (χ2n) is 6.14. The van der Waals surface area contributed by atoms with Gasteiger partial charge in [0.25, 0.3) is 11.8 Å². The Morgan fingerprint density at radius 3 is 2.42 bits per heavy atom. The summed E-state index contributed by atoms with van der Waals surface area (Å²) in [5, 5.41) is 1.92. The van der Waals surface area contributed by atoms with E-state index < -0.39 is 6.04 Å². The van der Waals surface area contributed by atoms with Crippen molar-refractivity contribution in [2.45, 2.75) is 12.5 Å². The summed E-state index contributed by atoms with van der Waals surface area (Å²) in [6.07, 6.45) is 0.412. The number of halogens is 1. The Balaban J connectivity index is 1.95. The van der Waals surface area contributed by atoms with Crippen LogP contribution in [0.5, 0.6) is 0 Å². The quantitative estimate of drug-likeness (QED) is 0.898. The Labute approximate surface area is 157 Å². The van der Waals surface area contributed by atoms with E-state index in [9.17, 15) is 9.59 Å². The molecule has 1 aliphatic heterocycles. The molecule has 2 amide bonds. The maximum Gasteiger partial charge on any atom is 0.290 e. The number of rotatable bonds is 4. The summed E-state index contributed by atoms with van der Waals surface area (Å²) in [5.74, 6) is -0.397. The van der Waals surface area contributed by atoms with Gasteiger partial charge in [-0.25, -0.2) is 10.0 Å². The average Bonchev–Trinajstić information content (AvgIpc) is 2.64. The summed E-state index contributed by atoms with van der Waals surface area (Å²) >= 11 is 5.94. The van der Waals surface area contributed by atoms with E-state index in [2.05, 4.69) is 10.4 Å². The first kappa shape index (κ1) is 17.9. The van der Waals surface area contributed by atoms with E-state index >= 15 is 0 Å². The van der Waals surface area contributed by atoms with Gasteiger partial charge in [-0.2, -0.15) is 0 Å². The van der Waals surface area contributed by atoms with Gasteiger partial charge in [0.1, 0.15) is 6.04 Å². The first-order chi connectivity index (χ1) is 12.5. The van der Waals surface area contributed by atoms with Gasteiger partial charge in [-0.15, -0.1) is 0 Å². The molecule has 0 saturated heterocycles. The predicted octanol–water partition coefficient (Wildman–Crippen LogP) is 2.29. The average molecular weight is 371 g/mol. The molecule has 2 aromatic carbocycles. The van der Waals surface area contributed by atoms with Gasteiger partial charge in [0.15, 0.2) is 0 Å². The van der Waals surface area contributed by atoms with Crippen LogP contribution in [-0.2, 0) is 16.0 Å². The third-order valence-electron chi connectivity index (χ3n) is 3.97. The SMILES string of the molecule is CN(C)C(=O)C1=NC(Cc2ccccc2)C(=O)N(c2ccc(Cl)cc2)N1. The fourth-order valence-corrected chi connectivity index (χ4v) is 2.74. The number of likely N-dealkylation sites (N-methyl/N-ethyl adjacent to an activating group) is 1. The van der Waals surface area contributed by atoms with Gasteiger partial charge in [-0.1, -0.05) is 41.9 Å². The van der Waals surface area contributed by atoms with Crippen molar-refractivity contribution in [3.8, 4) is 0 Å². The summed E-state index contributed by atoms with van der Waals surface area (Å²) in [4.78, 5) is 31.1. The second kappa shape index (κ2) is 7.58. The molecule has 1 heterocycles. The van der Waals surface area contributed by atoms with Crippen LogP contribution in [0, 0.1) is 0 Å². The number of aliphatic imine (C=N–C) groups is 1. The summed E-state index contributed by atoms with van der Waals surface area (Å²) in [6.45, 7) is 0. The lowest BCUT2D eigenvalue weighted by atomic mass is 10.0. The van der Waals surface area contributed by atoms with Gasteiger partial charge < -0.3 is 4.90 Å². The zero-order valence-corrected chi connectivity index (χ0v) is 15.3. The molecular formula is C19H19ClN4O2. The molecule has 0 saturated carbocycles. The highest BCUT2D eigenvalue weighted by atomic mass is 35.5. The number of carbonyl (C=O) groups excluding carboxylic acids is 2. The lowest BCUT2D eigenvalue weighted by molar-refractivity contribution is -0.122. The number of nitrogens with zero attached hydrogens (tertiary/aromatic N) is 3. The first-order valence-corrected chi connectivity index (χ1v) is 8.53. The Bertz CT molecular complexity index is 834. The molecule has 134 valence electrons. The van der Waals surface area contributed by atoms with Gasteiger partial charge in [0.05, 0.1) is 5.69 Å². The van der Waals surface area contributed by atoms with Crippen molar-refractivity contribution in [3.63, 3.8) is 0 Å². The number of carbonyl (C=O) groups is 2. The van der Waals surface area contributed by atoms with E-state index in [1.54, 1.807) is 38.4 Å². The van der Waals surface area contributed by atoms with E-state index in [0.29, 0.717) is 17.1 Å². The minimum absolute atomic E-state index is 0.130. The smallest absolute Gasteiger partial charge is 0.290 e.